The van der Waals surface area contributed by atoms with Crippen molar-refractivity contribution < 1.29 is 5.11 Å². The van der Waals surface area contributed by atoms with E-state index in [9.17, 15) is 0 Å². The Morgan fingerprint density at radius 1 is 1.25 bits per heavy atom. The van der Waals surface area contributed by atoms with Crippen molar-refractivity contribution in [3.63, 3.8) is 0 Å². The molecule has 0 unspecified atom stereocenters. The minimum absolute atomic E-state index is 0.0648. The zero-order valence-electron chi connectivity index (χ0n) is 5.59. The Morgan fingerprint density at radius 3 is 1.75 bits per heavy atom. The normalized spacial score (nSPS) is 17.9. The third-order valence-electron chi connectivity index (χ3n) is 0.983. The van der Waals surface area contributed by atoms with Crippen LogP contribution in [0.15, 0.2) is 12.2 Å². The molecule has 1 rings (SSSR count). The summed E-state index contributed by atoms with van der Waals surface area (Å²) in [5.74, 6) is 0. The third kappa shape index (κ3) is 2.80. The SMILES string of the molecule is CC.OC1CC=CC1. The van der Waals surface area contributed by atoms with Gasteiger partial charge in [0.1, 0.15) is 0 Å². The molecule has 0 amide bonds. The average Bonchev–Trinajstić information content (AvgIpc) is 2.24. The minimum atomic E-state index is -0.0648. The maximum Gasteiger partial charge on any atom is 0.0609 e. The summed E-state index contributed by atoms with van der Waals surface area (Å²) in [6.45, 7) is 4.00. The number of hydrogen-bond donors (Lipinski definition) is 1. The predicted molar refractivity (Wildman–Crippen MR) is 35.7 cm³/mol. The first kappa shape index (κ1) is 7.70. The fourth-order valence-corrected chi connectivity index (χ4v) is 0.603. The maximum atomic E-state index is 8.67. The number of hydrogen-bond acceptors (Lipinski definition) is 1. The number of aliphatic hydroxyl groups excluding tert-OH is 1. The lowest BCUT2D eigenvalue weighted by atomic mass is 10.3. The van der Waals surface area contributed by atoms with Gasteiger partial charge in [-0.15, -0.1) is 0 Å². The first-order valence-corrected chi connectivity index (χ1v) is 3.22. The zero-order chi connectivity index (χ0) is 6.41. The number of aliphatic hydroxyl groups is 1. The van der Waals surface area contributed by atoms with Crippen LogP contribution in [-0.4, -0.2) is 11.2 Å². The van der Waals surface area contributed by atoms with E-state index in [1.807, 2.05) is 26.0 Å². The molecule has 0 spiro atoms. The van der Waals surface area contributed by atoms with Crippen molar-refractivity contribution in [3.8, 4) is 0 Å². The van der Waals surface area contributed by atoms with Crippen LogP contribution in [0, 0.1) is 0 Å². The molecule has 0 atom stereocenters. The second kappa shape index (κ2) is 4.85. The molecule has 0 aromatic heterocycles. The minimum Gasteiger partial charge on any atom is -0.392 e. The highest BCUT2D eigenvalue weighted by atomic mass is 16.3. The quantitative estimate of drug-likeness (QED) is 0.475. The number of rotatable bonds is 0. The van der Waals surface area contributed by atoms with E-state index in [0.717, 1.165) is 12.8 Å². The van der Waals surface area contributed by atoms with Crippen molar-refractivity contribution in [2.24, 2.45) is 0 Å². The third-order valence-corrected chi connectivity index (χ3v) is 0.983. The molecule has 0 radical (unpaired) electrons. The van der Waals surface area contributed by atoms with Gasteiger partial charge in [-0.25, -0.2) is 0 Å². The van der Waals surface area contributed by atoms with Crippen molar-refractivity contribution in [1.29, 1.82) is 0 Å². The summed E-state index contributed by atoms with van der Waals surface area (Å²) in [6.07, 6.45) is 5.67. The Bertz CT molecular complexity index is 58.8. The lowest BCUT2D eigenvalue weighted by Gasteiger charge is -1.92. The van der Waals surface area contributed by atoms with Crippen LogP contribution in [0.3, 0.4) is 0 Å². The molecule has 1 nitrogen and oxygen atoms in total. The van der Waals surface area contributed by atoms with Gasteiger partial charge in [0.2, 0.25) is 0 Å². The topological polar surface area (TPSA) is 20.2 Å². The van der Waals surface area contributed by atoms with Crippen molar-refractivity contribution in [3.05, 3.63) is 12.2 Å². The van der Waals surface area contributed by atoms with Crippen LogP contribution in [0.2, 0.25) is 0 Å². The Labute approximate surface area is 51.0 Å². The lowest BCUT2D eigenvalue weighted by Crippen LogP contribution is -1.95. The largest absolute Gasteiger partial charge is 0.392 e. The van der Waals surface area contributed by atoms with Crippen LogP contribution < -0.4 is 0 Å². The van der Waals surface area contributed by atoms with Gasteiger partial charge in [0.05, 0.1) is 6.10 Å². The van der Waals surface area contributed by atoms with Crippen molar-refractivity contribution in [1.82, 2.24) is 0 Å². The molecule has 0 aromatic rings. The molecule has 48 valence electrons. The predicted octanol–water partition coefficient (Wildman–Crippen LogP) is 1.72. The smallest absolute Gasteiger partial charge is 0.0609 e. The van der Waals surface area contributed by atoms with Crippen LogP contribution in [-0.2, 0) is 0 Å². The monoisotopic (exact) mass is 114 g/mol. The van der Waals surface area contributed by atoms with Crippen molar-refractivity contribution in [2.75, 3.05) is 0 Å². The Balaban J connectivity index is 0.000000222. The molecule has 1 aliphatic carbocycles. The zero-order valence-corrected chi connectivity index (χ0v) is 5.59. The van der Waals surface area contributed by atoms with E-state index >= 15 is 0 Å². The molecule has 8 heavy (non-hydrogen) atoms. The molecule has 1 heteroatoms. The molecule has 0 fully saturated rings. The summed E-state index contributed by atoms with van der Waals surface area (Å²) in [4.78, 5) is 0. The highest BCUT2D eigenvalue weighted by Crippen LogP contribution is 2.07. The Kier molecular flexibility index (Phi) is 4.67. The van der Waals surface area contributed by atoms with Crippen LogP contribution in [0.5, 0.6) is 0 Å². The van der Waals surface area contributed by atoms with Gasteiger partial charge in [-0.1, -0.05) is 26.0 Å². The Hall–Kier alpha value is -0.300. The fourth-order valence-electron chi connectivity index (χ4n) is 0.603. The van der Waals surface area contributed by atoms with Gasteiger partial charge >= 0.3 is 0 Å². The van der Waals surface area contributed by atoms with Gasteiger partial charge in [0.15, 0.2) is 0 Å². The molecular weight excluding hydrogens is 100 g/mol. The first-order valence-electron chi connectivity index (χ1n) is 3.22. The average molecular weight is 114 g/mol. The molecular formula is C7H14O. The molecule has 0 saturated heterocycles. The molecule has 0 saturated carbocycles. The van der Waals surface area contributed by atoms with Crippen LogP contribution in [0.4, 0.5) is 0 Å². The summed E-state index contributed by atoms with van der Waals surface area (Å²) in [5.41, 5.74) is 0. The van der Waals surface area contributed by atoms with Gasteiger partial charge in [0, 0.05) is 0 Å². The van der Waals surface area contributed by atoms with E-state index in [1.54, 1.807) is 0 Å². The standard InChI is InChI=1S/C5H8O.C2H6/c6-5-3-1-2-4-5;1-2/h1-2,5-6H,3-4H2;1-2H3. The molecule has 0 aromatic carbocycles. The second-order valence-corrected chi connectivity index (χ2v) is 1.60. The summed E-state index contributed by atoms with van der Waals surface area (Å²) in [7, 11) is 0. The Morgan fingerprint density at radius 2 is 1.62 bits per heavy atom. The summed E-state index contributed by atoms with van der Waals surface area (Å²) in [5, 5.41) is 8.67. The molecule has 1 aliphatic rings. The van der Waals surface area contributed by atoms with Crippen LogP contribution in [0.25, 0.3) is 0 Å². The van der Waals surface area contributed by atoms with Crippen LogP contribution in [0.1, 0.15) is 26.7 Å². The van der Waals surface area contributed by atoms with Crippen LogP contribution >= 0.6 is 0 Å². The summed E-state index contributed by atoms with van der Waals surface area (Å²) >= 11 is 0. The summed E-state index contributed by atoms with van der Waals surface area (Å²) in [6, 6.07) is 0. The van der Waals surface area contributed by atoms with E-state index in [1.165, 1.54) is 0 Å². The van der Waals surface area contributed by atoms with Gasteiger partial charge in [-0.3, -0.25) is 0 Å². The van der Waals surface area contributed by atoms with E-state index < -0.39 is 0 Å². The van der Waals surface area contributed by atoms with E-state index in [4.69, 9.17) is 5.11 Å². The molecule has 0 aliphatic heterocycles. The molecule has 0 bridgehead atoms. The van der Waals surface area contributed by atoms with E-state index in [0.29, 0.717) is 0 Å². The van der Waals surface area contributed by atoms with Gasteiger partial charge in [0.25, 0.3) is 0 Å². The molecule has 0 heterocycles. The second-order valence-electron chi connectivity index (χ2n) is 1.60. The highest BCUT2D eigenvalue weighted by Gasteiger charge is 2.01. The van der Waals surface area contributed by atoms with E-state index in [-0.39, 0.29) is 6.10 Å². The first-order chi connectivity index (χ1) is 3.89. The highest BCUT2D eigenvalue weighted by molar-refractivity contribution is 4.93. The fraction of sp³-hybridized carbons (Fsp3) is 0.714. The van der Waals surface area contributed by atoms with Crippen molar-refractivity contribution in [2.45, 2.75) is 32.8 Å². The van der Waals surface area contributed by atoms with Gasteiger partial charge < -0.3 is 5.11 Å². The van der Waals surface area contributed by atoms with Gasteiger partial charge in [-0.2, -0.15) is 0 Å². The lowest BCUT2D eigenvalue weighted by molar-refractivity contribution is 0.189. The maximum absolute atomic E-state index is 8.67. The van der Waals surface area contributed by atoms with Crippen molar-refractivity contribution >= 4 is 0 Å². The van der Waals surface area contributed by atoms with E-state index in [2.05, 4.69) is 0 Å². The van der Waals surface area contributed by atoms with Gasteiger partial charge in [-0.05, 0) is 12.8 Å². The summed E-state index contributed by atoms with van der Waals surface area (Å²) < 4.78 is 0. The molecule has 1 N–H and O–H groups in total.